The van der Waals surface area contributed by atoms with Crippen LogP contribution in [-0.4, -0.2) is 5.91 Å². The van der Waals surface area contributed by atoms with Crippen molar-refractivity contribution in [1.29, 1.82) is 0 Å². The van der Waals surface area contributed by atoms with Crippen LogP contribution in [0, 0.1) is 0 Å². The minimum absolute atomic E-state index is 0.271. The molecule has 3 aromatic rings. The van der Waals surface area contributed by atoms with E-state index in [1.807, 2.05) is 42.5 Å². The maximum Gasteiger partial charge on any atom is 0.257 e. The molecule has 1 amide bonds. The monoisotopic (exact) mass is 304 g/mol. The number of carbonyl (C=O) groups excluding carboxylic acids is 1. The van der Waals surface area contributed by atoms with Gasteiger partial charge >= 0.3 is 0 Å². The minimum atomic E-state index is -0.271. The van der Waals surface area contributed by atoms with Crippen molar-refractivity contribution in [3.63, 3.8) is 0 Å². The summed E-state index contributed by atoms with van der Waals surface area (Å²) in [5.41, 5.74) is 7.30. The molecule has 0 aromatic heterocycles. The van der Waals surface area contributed by atoms with Crippen molar-refractivity contribution in [2.24, 2.45) is 0 Å². The number of rotatable bonds is 4. The van der Waals surface area contributed by atoms with E-state index in [1.165, 1.54) is 0 Å². The number of hydrogen-bond donors (Lipinski definition) is 2. The van der Waals surface area contributed by atoms with E-state index in [1.54, 1.807) is 36.4 Å². The molecule has 0 aliphatic carbocycles. The van der Waals surface area contributed by atoms with Crippen LogP contribution in [-0.2, 0) is 0 Å². The molecule has 4 heteroatoms. The Labute approximate surface area is 134 Å². The molecule has 0 aliphatic heterocycles. The van der Waals surface area contributed by atoms with Gasteiger partial charge in [-0.1, -0.05) is 42.5 Å². The van der Waals surface area contributed by atoms with E-state index < -0.39 is 0 Å². The van der Waals surface area contributed by atoms with Crippen LogP contribution in [0.2, 0.25) is 0 Å². The number of nitrogens with two attached hydrogens (primary N) is 1. The van der Waals surface area contributed by atoms with Crippen LogP contribution in [0.15, 0.2) is 78.9 Å². The maximum absolute atomic E-state index is 12.4. The minimum Gasteiger partial charge on any atom is -0.455 e. The van der Waals surface area contributed by atoms with Crippen LogP contribution in [0.25, 0.3) is 0 Å². The predicted octanol–water partition coefficient (Wildman–Crippen LogP) is 4.31. The maximum atomic E-state index is 12.4. The van der Waals surface area contributed by atoms with Crippen molar-refractivity contribution in [3.05, 3.63) is 84.4 Å². The van der Waals surface area contributed by atoms with Crippen LogP contribution >= 0.6 is 0 Å². The van der Waals surface area contributed by atoms with Crippen molar-refractivity contribution in [3.8, 4) is 11.5 Å². The number of anilines is 2. The molecule has 0 aliphatic rings. The number of hydrogen-bond acceptors (Lipinski definition) is 3. The molecule has 3 aromatic carbocycles. The highest BCUT2D eigenvalue weighted by Crippen LogP contribution is 2.29. The Balaban J connectivity index is 1.84. The Morgan fingerprint density at radius 2 is 1.48 bits per heavy atom. The second-order valence-electron chi connectivity index (χ2n) is 4.95. The molecule has 4 nitrogen and oxygen atoms in total. The molecule has 0 heterocycles. The number of nitrogens with one attached hydrogen (secondary N) is 1. The number of benzene rings is 3. The Hall–Kier alpha value is -3.27. The first-order valence-corrected chi connectivity index (χ1v) is 7.22. The van der Waals surface area contributed by atoms with Crippen molar-refractivity contribution in [1.82, 2.24) is 0 Å². The van der Waals surface area contributed by atoms with Crippen LogP contribution < -0.4 is 15.8 Å². The SMILES string of the molecule is Nc1ccccc1C(=O)Nc1ccccc1Oc1ccccc1. The standard InChI is InChI=1S/C19H16N2O2/c20-16-11-5-4-10-15(16)19(22)21-17-12-6-7-13-18(17)23-14-8-2-1-3-9-14/h1-13H,20H2,(H,21,22). The quantitative estimate of drug-likeness (QED) is 0.706. The van der Waals surface area contributed by atoms with Crippen molar-refractivity contribution < 1.29 is 9.53 Å². The molecule has 0 saturated carbocycles. The average molecular weight is 304 g/mol. The van der Waals surface area contributed by atoms with Gasteiger partial charge in [-0.15, -0.1) is 0 Å². The Morgan fingerprint density at radius 3 is 2.26 bits per heavy atom. The fourth-order valence-corrected chi connectivity index (χ4v) is 2.17. The summed E-state index contributed by atoms with van der Waals surface area (Å²) in [5.74, 6) is 1.00. The van der Waals surface area contributed by atoms with Gasteiger partial charge in [0.1, 0.15) is 5.75 Å². The lowest BCUT2D eigenvalue weighted by Gasteiger charge is -2.12. The van der Waals surface area contributed by atoms with E-state index >= 15 is 0 Å². The van der Waals surface area contributed by atoms with Gasteiger partial charge in [0.15, 0.2) is 5.75 Å². The molecule has 0 fully saturated rings. The number of amides is 1. The molecule has 0 saturated heterocycles. The lowest BCUT2D eigenvalue weighted by Crippen LogP contribution is -2.14. The van der Waals surface area contributed by atoms with Gasteiger partial charge in [-0.2, -0.15) is 0 Å². The molecule has 114 valence electrons. The fourth-order valence-electron chi connectivity index (χ4n) is 2.17. The van der Waals surface area contributed by atoms with Gasteiger partial charge in [0.25, 0.3) is 5.91 Å². The second kappa shape index (κ2) is 6.66. The van der Waals surface area contributed by atoms with E-state index in [0.717, 1.165) is 0 Å². The number of carbonyl (C=O) groups is 1. The number of nitrogen functional groups attached to an aromatic ring is 1. The summed E-state index contributed by atoms with van der Waals surface area (Å²) >= 11 is 0. The summed E-state index contributed by atoms with van der Waals surface area (Å²) in [4.78, 5) is 12.4. The Bertz CT molecular complexity index is 816. The van der Waals surface area contributed by atoms with Crippen LogP contribution in [0.4, 0.5) is 11.4 Å². The van der Waals surface area contributed by atoms with Gasteiger partial charge in [-0.05, 0) is 36.4 Å². The second-order valence-corrected chi connectivity index (χ2v) is 4.95. The average Bonchev–Trinajstić information content (AvgIpc) is 2.58. The van der Waals surface area contributed by atoms with Gasteiger partial charge in [0.2, 0.25) is 0 Å². The zero-order valence-electron chi connectivity index (χ0n) is 12.4. The Morgan fingerprint density at radius 1 is 0.826 bits per heavy atom. The van der Waals surface area contributed by atoms with E-state index in [0.29, 0.717) is 28.4 Å². The molecular weight excluding hydrogens is 288 g/mol. The van der Waals surface area contributed by atoms with E-state index in [2.05, 4.69) is 5.32 Å². The predicted molar refractivity (Wildman–Crippen MR) is 91.8 cm³/mol. The summed E-state index contributed by atoms with van der Waals surface area (Å²) in [6.45, 7) is 0. The number of para-hydroxylation sites is 4. The zero-order valence-corrected chi connectivity index (χ0v) is 12.4. The first-order chi connectivity index (χ1) is 11.2. The zero-order chi connectivity index (χ0) is 16.1. The fraction of sp³-hybridized carbons (Fsp3) is 0. The smallest absolute Gasteiger partial charge is 0.257 e. The summed E-state index contributed by atoms with van der Waals surface area (Å²) in [6.07, 6.45) is 0. The van der Waals surface area contributed by atoms with Crippen LogP contribution in [0.3, 0.4) is 0 Å². The van der Waals surface area contributed by atoms with Crippen LogP contribution in [0.5, 0.6) is 11.5 Å². The highest BCUT2D eigenvalue weighted by atomic mass is 16.5. The molecule has 0 spiro atoms. The van der Waals surface area contributed by atoms with Gasteiger partial charge in [-0.3, -0.25) is 4.79 Å². The molecule has 23 heavy (non-hydrogen) atoms. The molecular formula is C19H16N2O2. The highest BCUT2D eigenvalue weighted by molar-refractivity contribution is 6.08. The summed E-state index contributed by atoms with van der Waals surface area (Å²) < 4.78 is 5.83. The first kappa shape index (κ1) is 14.7. The van der Waals surface area contributed by atoms with Crippen molar-refractivity contribution >= 4 is 17.3 Å². The molecule has 3 N–H and O–H groups in total. The van der Waals surface area contributed by atoms with Crippen LogP contribution in [0.1, 0.15) is 10.4 Å². The third-order valence-electron chi connectivity index (χ3n) is 3.31. The first-order valence-electron chi connectivity index (χ1n) is 7.22. The molecule has 0 radical (unpaired) electrons. The summed E-state index contributed by atoms with van der Waals surface area (Å²) in [7, 11) is 0. The van der Waals surface area contributed by atoms with E-state index in [-0.39, 0.29) is 5.91 Å². The largest absolute Gasteiger partial charge is 0.455 e. The highest BCUT2D eigenvalue weighted by Gasteiger charge is 2.12. The van der Waals surface area contributed by atoms with E-state index in [4.69, 9.17) is 10.5 Å². The van der Waals surface area contributed by atoms with E-state index in [9.17, 15) is 4.79 Å². The third-order valence-corrected chi connectivity index (χ3v) is 3.31. The third kappa shape index (κ3) is 3.49. The lowest BCUT2D eigenvalue weighted by molar-refractivity contribution is 0.102. The van der Waals surface area contributed by atoms with Gasteiger partial charge in [0, 0.05) is 5.69 Å². The number of ether oxygens (including phenoxy) is 1. The molecule has 0 bridgehead atoms. The van der Waals surface area contributed by atoms with Gasteiger partial charge in [0.05, 0.1) is 11.3 Å². The molecule has 3 rings (SSSR count). The normalized spacial score (nSPS) is 10.1. The molecule has 0 atom stereocenters. The van der Waals surface area contributed by atoms with Gasteiger partial charge < -0.3 is 15.8 Å². The Kier molecular flexibility index (Phi) is 4.25. The lowest BCUT2D eigenvalue weighted by atomic mass is 10.1. The van der Waals surface area contributed by atoms with Gasteiger partial charge in [-0.25, -0.2) is 0 Å². The van der Waals surface area contributed by atoms with Crippen molar-refractivity contribution in [2.45, 2.75) is 0 Å². The van der Waals surface area contributed by atoms with Crippen molar-refractivity contribution in [2.75, 3.05) is 11.1 Å². The summed E-state index contributed by atoms with van der Waals surface area (Å²) in [5, 5.41) is 2.84. The topological polar surface area (TPSA) is 64.4 Å². The summed E-state index contributed by atoms with van der Waals surface area (Å²) in [6, 6.07) is 23.6. The molecule has 0 unspecified atom stereocenters.